The van der Waals surface area contributed by atoms with Crippen molar-refractivity contribution in [3.05, 3.63) is 59.0 Å². The third-order valence-corrected chi connectivity index (χ3v) is 4.49. The van der Waals surface area contributed by atoms with Gasteiger partial charge in [0.15, 0.2) is 12.8 Å². The molecular formula is C21H27F3N2O5. The van der Waals surface area contributed by atoms with Crippen molar-refractivity contribution in [3.63, 3.8) is 0 Å². The first kappa shape index (κ1) is 26.3. The van der Waals surface area contributed by atoms with Gasteiger partial charge in [0.05, 0.1) is 18.9 Å². The van der Waals surface area contributed by atoms with E-state index in [2.05, 4.69) is 0 Å². The SMILES string of the molecule is CCOC(=O)c1cc(C)n(CC(=O)Cc2c(C)cccc2C)[n+]1C.[O-][OH+][CH-]C(F)(F)F. The van der Waals surface area contributed by atoms with E-state index in [0.717, 1.165) is 22.4 Å². The van der Waals surface area contributed by atoms with Gasteiger partial charge in [-0.05, 0) is 44.4 Å². The monoisotopic (exact) mass is 444 g/mol. The number of nitrogens with zero attached hydrogens (tertiary/aromatic N) is 2. The van der Waals surface area contributed by atoms with E-state index in [4.69, 9.17) is 9.99 Å². The van der Waals surface area contributed by atoms with Crippen molar-refractivity contribution in [2.45, 2.75) is 46.8 Å². The molecule has 7 nitrogen and oxygen atoms in total. The van der Waals surface area contributed by atoms with Gasteiger partial charge in [0.1, 0.15) is 6.54 Å². The Balaban J connectivity index is 0.000000592. The Labute approximate surface area is 178 Å². The zero-order valence-corrected chi connectivity index (χ0v) is 18.1. The Hall–Kier alpha value is -2.72. The minimum atomic E-state index is -4.55. The van der Waals surface area contributed by atoms with Crippen molar-refractivity contribution in [3.8, 4) is 0 Å². The standard InChI is InChI=1S/C19H25N2O3.C2H2F3O2/c1-6-24-19(23)18-10-15(4)21(20(18)5)12-16(22)11-17-13(2)8-7-9-14(17)3;3-2(4,5)1-7-6/h7-10H,6,11-12H2,1-5H3;1,7H/q+1;-1. The van der Waals surface area contributed by atoms with Crippen LogP contribution in [0, 0.1) is 27.4 Å². The number of benzene rings is 1. The number of esters is 1. The molecule has 0 saturated carbocycles. The molecule has 0 spiro atoms. The van der Waals surface area contributed by atoms with E-state index in [-0.39, 0.29) is 18.3 Å². The molecule has 1 aromatic carbocycles. The number of aliphatic hydroxyl groups is 1. The van der Waals surface area contributed by atoms with Crippen molar-refractivity contribution in [2.75, 3.05) is 6.61 Å². The van der Waals surface area contributed by atoms with E-state index >= 15 is 0 Å². The van der Waals surface area contributed by atoms with Gasteiger partial charge in [0.2, 0.25) is 0 Å². The lowest BCUT2D eigenvalue weighted by molar-refractivity contribution is -0.767. The van der Waals surface area contributed by atoms with Gasteiger partial charge in [-0.25, -0.2) is 4.79 Å². The number of ether oxygens (including phenoxy) is 1. The second-order valence-corrected chi connectivity index (χ2v) is 6.83. The van der Waals surface area contributed by atoms with Crippen LogP contribution in [-0.2, 0) is 29.5 Å². The van der Waals surface area contributed by atoms with Gasteiger partial charge in [-0.1, -0.05) is 18.2 Å². The molecule has 0 aliphatic heterocycles. The first-order chi connectivity index (χ1) is 14.4. The van der Waals surface area contributed by atoms with E-state index in [0.29, 0.717) is 18.7 Å². The average molecular weight is 444 g/mol. The predicted molar refractivity (Wildman–Crippen MR) is 104 cm³/mol. The Kier molecular flexibility index (Phi) is 9.86. The van der Waals surface area contributed by atoms with Crippen LogP contribution in [0.5, 0.6) is 0 Å². The molecule has 0 atom stereocenters. The first-order valence-corrected chi connectivity index (χ1v) is 9.45. The van der Waals surface area contributed by atoms with Crippen molar-refractivity contribution in [1.82, 2.24) is 4.68 Å². The highest BCUT2D eigenvalue weighted by Gasteiger charge is 2.26. The fourth-order valence-corrected chi connectivity index (χ4v) is 2.97. The van der Waals surface area contributed by atoms with Gasteiger partial charge in [-0.2, -0.15) is 17.9 Å². The smallest absolute Gasteiger partial charge is 0.406 e. The molecule has 31 heavy (non-hydrogen) atoms. The fraction of sp³-hybridized carbons (Fsp3) is 0.429. The number of carbonyl (C=O) groups excluding carboxylic acids is 2. The summed E-state index contributed by atoms with van der Waals surface area (Å²) in [6.45, 7) is 7.65. The molecule has 0 unspecified atom stereocenters. The van der Waals surface area contributed by atoms with E-state index in [1.54, 1.807) is 24.7 Å². The van der Waals surface area contributed by atoms with Crippen LogP contribution in [0.15, 0.2) is 24.3 Å². The summed E-state index contributed by atoms with van der Waals surface area (Å²) in [6, 6.07) is 7.80. The quantitative estimate of drug-likeness (QED) is 0.164. The minimum absolute atomic E-state index is 0.108. The number of halogens is 3. The van der Waals surface area contributed by atoms with Crippen molar-refractivity contribution < 1.29 is 42.3 Å². The molecule has 2 rings (SSSR count). The third kappa shape index (κ3) is 8.14. The Morgan fingerprint density at radius 2 is 1.81 bits per heavy atom. The summed E-state index contributed by atoms with van der Waals surface area (Å²) >= 11 is 0. The number of aryl methyl sites for hydroxylation is 3. The summed E-state index contributed by atoms with van der Waals surface area (Å²) < 4.78 is 40.7. The van der Waals surface area contributed by atoms with Gasteiger partial charge < -0.3 is 14.9 Å². The van der Waals surface area contributed by atoms with Crippen molar-refractivity contribution in [1.29, 1.82) is 0 Å². The highest BCUT2D eigenvalue weighted by molar-refractivity contribution is 5.86. The molecular weight excluding hydrogens is 417 g/mol. The molecule has 1 aromatic heterocycles. The van der Waals surface area contributed by atoms with Crippen molar-refractivity contribution >= 4 is 11.8 Å². The number of rotatable bonds is 7. The molecule has 172 valence electrons. The second kappa shape index (κ2) is 11.6. The van der Waals surface area contributed by atoms with Gasteiger partial charge in [0, 0.05) is 12.5 Å². The van der Waals surface area contributed by atoms with Gasteiger partial charge in [-0.15, -0.1) is 4.68 Å². The Bertz CT molecular complexity index is 887. The fourth-order valence-electron chi connectivity index (χ4n) is 2.97. The number of Topliss-reactive ketones (excluding diaryl/α,β-unsaturated/α-hetero) is 1. The lowest BCUT2D eigenvalue weighted by Crippen LogP contribution is -2.45. The van der Waals surface area contributed by atoms with Crippen LogP contribution < -0.4 is 9.94 Å². The maximum Gasteiger partial charge on any atom is 0.406 e. The molecule has 10 heteroatoms. The van der Waals surface area contributed by atoms with E-state index < -0.39 is 12.8 Å². The van der Waals surface area contributed by atoms with Crippen LogP contribution in [0.3, 0.4) is 0 Å². The Morgan fingerprint density at radius 3 is 2.26 bits per heavy atom. The maximum absolute atomic E-state index is 12.5. The van der Waals surface area contributed by atoms with Crippen LogP contribution in [0.4, 0.5) is 13.2 Å². The van der Waals surface area contributed by atoms with Crippen LogP contribution in [0.2, 0.25) is 0 Å². The third-order valence-electron chi connectivity index (χ3n) is 4.49. The summed E-state index contributed by atoms with van der Waals surface area (Å²) in [6.07, 6.45) is -4.16. The summed E-state index contributed by atoms with van der Waals surface area (Å²) in [5.74, 6) is -0.263. The van der Waals surface area contributed by atoms with Crippen LogP contribution in [0.1, 0.15) is 39.8 Å². The molecule has 0 bridgehead atoms. The molecule has 0 aliphatic rings. The summed E-state index contributed by atoms with van der Waals surface area (Å²) in [5.41, 5.74) is 4.65. The second-order valence-electron chi connectivity index (χ2n) is 6.83. The van der Waals surface area contributed by atoms with Gasteiger partial charge in [-0.3, -0.25) is 4.79 Å². The van der Waals surface area contributed by atoms with Crippen molar-refractivity contribution in [2.24, 2.45) is 7.05 Å². The summed E-state index contributed by atoms with van der Waals surface area (Å²) in [5, 5.41) is 8.79. The normalized spacial score (nSPS) is 11.0. The lowest BCUT2D eigenvalue weighted by Gasteiger charge is -2.13. The number of hydrogen-bond acceptors (Lipinski definition) is 4. The summed E-state index contributed by atoms with van der Waals surface area (Å²) in [4.78, 5) is 26.0. The Morgan fingerprint density at radius 1 is 1.23 bits per heavy atom. The summed E-state index contributed by atoms with van der Waals surface area (Å²) in [7, 11) is 1.77. The molecule has 1 heterocycles. The number of hydrogen-bond donors (Lipinski definition) is 0. The van der Waals surface area contributed by atoms with Gasteiger partial charge in [0.25, 0.3) is 0 Å². The molecule has 0 amide bonds. The molecule has 2 aromatic rings. The molecule has 0 radical (unpaired) electrons. The van der Waals surface area contributed by atoms with Crippen LogP contribution in [0.25, 0.3) is 0 Å². The average Bonchev–Trinajstić information content (AvgIpc) is 2.93. The number of ketones is 1. The number of carbonyl (C=O) groups is 2. The zero-order chi connectivity index (χ0) is 23.8. The van der Waals surface area contributed by atoms with Crippen LogP contribution in [-0.4, -0.2) is 34.1 Å². The number of alkyl halides is 3. The highest BCUT2D eigenvalue weighted by atomic mass is 19.4. The lowest BCUT2D eigenvalue weighted by atomic mass is 9.98. The van der Waals surface area contributed by atoms with Crippen LogP contribution >= 0.6 is 0 Å². The molecule has 0 saturated heterocycles. The first-order valence-electron chi connectivity index (χ1n) is 9.45. The van der Waals surface area contributed by atoms with Gasteiger partial charge >= 0.3 is 17.8 Å². The number of aromatic nitrogens is 2. The van der Waals surface area contributed by atoms with E-state index in [9.17, 15) is 22.8 Å². The topological polar surface area (TPSA) is 88.0 Å². The van der Waals surface area contributed by atoms with E-state index in [1.807, 2.05) is 43.7 Å². The molecule has 1 N–H and O–H groups in total. The zero-order valence-electron chi connectivity index (χ0n) is 18.1. The van der Waals surface area contributed by atoms with E-state index in [1.165, 1.54) is 4.89 Å². The minimum Gasteiger partial charge on any atom is -0.582 e. The molecule has 0 fully saturated rings. The predicted octanol–water partition coefficient (Wildman–Crippen LogP) is 2.31. The maximum atomic E-state index is 12.5. The molecule has 0 aliphatic carbocycles. The highest BCUT2D eigenvalue weighted by Crippen LogP contribution is 2.16. The largest absolute Gasteiger partial charge is 0.582 e.